The van der Waals surface area contributed by atoms with E-state index < -0.39 is 0 Å². The molecular formula is C17H22N2O2S. The van der Waals surface area contributed by atoms with E-state index in [1.54, 1.807) is 0 Å². The van der Waals surface area contributed by atoms with Gasteiger partial charge in [-0.3, -0.25) is 0 Å². The SMILES string of the molecule is CC(C)c1ccc(-c2nnc(SC3CCCCC3O)o2)cc1. The van der Waals surface area contributed by atoms with Gasteiger partial charge in [0, 0.05) is 10.8 Å². The Balaban J connectivity index is 1.70. The van der Waals surface area contributed by atoms with E-state index in [1.165, 1.54) is 17.3 Å². The Kier molecular flexibility index (Phi) is 4.84. The molecule has 1 aromatic heterocycles. The van der Waals surface area contributed by atoms with Gasteiger partial charge in [-0.25, -0.2) is 0 Å². The van der Waals surface area contributed by atoms with E-state index in [1.807, 2.05) is 12.1 Å². The largest absolute Gasteiger partial charge is 0.411 e. The average Bonchev–Trinajstić information content (AvgIpc) is 2.98. The van der Waals surface area contributed by atoms with Gasteiger partial charge in [0.2, 0.25) is 5.89 Å². The van der Waals surface area contributed by atoms with Crippen molar-refractivity contribution in [3.8, 4) is 11.5 Å². The minimum absolute atomic E-state index is 0.172. The van der Waals surface area contributed by atoms with E-state index >= 15 is 0 Å². The molecular weight excluding hydrogens is 296 g/mol. The quantitative estimate of drug-likeness (QED) is 0.913. The molecule has 0 bridgehead atoms. The molecule has 0 amide bonds. The minimum Gasteiger partial charge on any atom is -0.411 e. The highest BCUT2D eigenvalue weighted by molar-refractivity contribution is 7.99. The number of rotatable bonds is 4. The summed E-state index contributed by atoms with van der Waals surface area (Å²) in [5.41, 5.74) is 2.23. The second kappa shape index (κ2) is 6.84. The Morgan fingerprint density at radius 1 is 1.14 bits per heavy atom. The third-order valence-corrected chi connectivity index (χ3v) is 5.37. The van der Waals surface area contributed by atoms with Gasteiger partial charge in [-0.15, -0.1) is 10.2 Å². The maximum Gasteiger partial charge on any atom is 0.277 e. The van der Waals surface area contributed by atoms with Crippen molar-refractivity contribution in [1.82, 2.24) is 10.2 Å². The summed E-state index contributed by atoms with van der Waals surface area (Å²) in [6.45, 7) is 4.35. The summed E-state index contributed by atoms with van der Waals surface area (Å²) in [6.07, 6.45) is 3.88. The lowest BCUT2D eigenvalue weighted by molar-refractivity contribution is 0.136. The molecule has 0 saturated heterocycles. The van der Waals surface area contributed by atoms with Gasteiger partial charge in [0.15, 0.2) is 0 Å². The standard InChI is InChI=1S/C17H22N2O2S/c1-11(2)12-7-9-13(10-8-12)16-18-19-17(21-16)22-15-6-4-3-5-14(15)20/h7-11,14-15,20H,3-6H2,1-2H3. The third kappa shape index (κ3) is 3.52. The molecule has 5 heteroatoms. The van der Waals surface area contributed by atoms with Crippen LogP contribution in [0.15, 0.2) is 33.9 Å². The predicted molar refractivity (Wildman–Crippen MR) is 87.9 cm³/mol. The van der Waals surface area contributed by atoms with Crippen molar-refractivity contribution in [3.63, 3.8) is 0 Å². The molecule has 3 rings (SSSR count). The fourth-order valence-corrected chi connectivity index (χ4v) is 3.78. The van der Waals surface area contributed by atoms with Crippen molar-refractivity contribution in [2.24, 2.45) is 0 Å². The van der Waals surface area contributed by atoms with E-state index in [0.29, 0.717) is 17.0 Å². The van der Waals surface area contributed by atoms with Crippen molar-refractivity contribution < 1.29 is 9.52 Å². The van der Waals surface area contributed by atoms with Crippen LogP contribution >= 0.6 is 11.8 Å². The van der Waals surface area contributed by atoms with Crippen LogP contribution in [-0.2, 0) is 0 Å². The maximum atomic E-state index is 10.0. The van der Waals surface area contributed by atoms with E-state index in [4.69, 9.17) is 4.42 Å². The lowest BCUT2D eigenvalue weighted by atomic mass is 9.97. The van der Waals surface area contributed by atoms with Crippen molar-refractivity contribution in [2.45, 2.75) is 62.0 Å². The van der Waals surface area contributed by atoms with Crippen LogP contribution in [0.1, 0.15) is 51.0 Å². The second-order valence-electron chi connectivity index (χ2n) is 6.16. The zero-order valence-corrected chi connectivity index (χ0v) is 13.8. The molecule has 22 heavy (non-hydrogen) atoms. The molecule has 2 aromatic rings. The Labute approximate surface area is 135 Å². The third-order valence-electron chi connectivity index (χ3n) is 4.15. The Morgan fingerprint density at radius 3 is 2.55 bits per heavy atom. The highest BCUT2D eigenvalue weighted by Crippen LogP contribution is 2.34. The Morgan fingerprint density at radius 2 is 1.86 bits per heavy atom. The maximum absolute atomic E-state index is 10.0. The van der Waals surface area contributed by atoms with Gasteiger partial charge in [0.05, 0.1) is 6.10 Å². The molecule has 1 fully saturated rings. The average molecular weight is 318 g/mol. The fraction of sp³-hybridized carbons (Fsp3) is 0.529. The molecule has 0 aliphatic heterocycles. The van der Waals surface area contributed by atoms with E-state index in [9.17, 15) is 5.11 Å². The summed E-state index contributed by atoms with van der Waals surface area (Å²) in [5, 5.41) is 19.0. The van der Waals surface area contributed by atoms with E-state index in [0.717, 1.165) is 31.2 Å². The first-order chi connectivity index (χ1) is 10.6. The Bertz CT molecular complexity index is 609. The van der Waals surface area contributed by atoms with Gasteiger partial charge in [-0.05, 0) is 36.5 Å². The molecule has 118 valence electrons. The molecule has 1 heterocycles. The zero-order valence-electron chi connectivity index (χ0n) is 13.0. The minimum atomic E-state index is -0.264. The number of hydrogen-bond donors (Lipinski definition) is 1. The number of benzene rings is 1. The first-order valence-corrected chi connectivity index (χ1v) is 8.80. The van der Waals surface area contributed by atoms with Gasteiger partial charge >= 0.3 is 0 Å². The molecule has 1 aliphatic carbocycles. The number of aromatic nitrogens is 2. The van der Waals surface area contributed by atoms with Crippen LogP contribution in [0.2, 0.25) is 0 Å². The molecule has 4 nitrogen and oxygen atoms in total. The van der Waals surface area contributed by atoms with Crippen LogP contribution in [0, 0.1) is 0 Å². The fourth-order valence-electron chi connectivity index (χ4n) is 2.73. The lowest BCUT2D eigenvalue weighted by Gasteiger charge is -2.25. The van der Waals surface area contributed by atoms with E-state index in [2.05, 4.69) is 36.2 Å². The van der Waals surface area contributed by atoms with Gasteiger partial charge in [0.25, 0.3) is 5.22 Å². The molecule has 0 spiro atoms. The van der Waals surface area contributed by atoms with Crippen LogP contribution in [0.3, 0.4) is 0 Å². The van der Waals surface area contributed by atoms with Crippen LogP contribution in [-0.4, -0.2) is 26.7 Å². The Hall–Kier alpha value is -1.33. The molecule has 1 aliphatic rings. The number of thioether (sulfide) groups is 1. The number of hydrogen-bond acceptors (Lipinski definition) is 5. The first kappa shape index (κ1) is 15.6. The van der Waals surface area contributed by atoms with Crippen molar-refractivity contribution >= 4 is 11.8 Å². The molecule has 1 N–H and O–H groups in total. The summed E-state index contributed by atoms with van der Waals surface area (Å²) < 4.78 is 5.75. The van der Waals surface area contributed by atoms with Crippen molar-refractivity contribution in [3.05, 3.63) is 29.8 Å². The zero-order chi connectivity index (χ0) is 15.5. The molecule has 0 radical (unpaired) electrons. The van der Waals surface area contributed by atoms with Crippen LogP contribution in [0.5, 0.6) is 0 Å². The number of aliphatic hydroxyl groups is 1. The molecule has 2 unspecified atom stereocenters. The van der Waals surface area contributed by atoms with Crippen LogP contribution in [0.25, 0.3) is 11.5 Å². The van der Waals surface area contributed by atoms with Gasteiger partial charge in [-0.2, -0.15) is 0 Å². The molecule has 1 saturated carbocycles. The van der Waals surface area contributed by atoms with Crippen LogP contribution in [0.4, 0.5) is 0 Å². The predicted octanol–water partition coefficient (Wildman–Crippen LogP) is 4.26. The van der Waals surface area contributed by atoms with Gasteiger partial charge < -0.3 is 9.52 Å². The topological polar surface area (TPSA) is 59.2 Å². The molecule has 2 atom stereocenters. The van der Waals surface area contributed by atoms with Crippen LogP contribution < -0.4 is 0 Å². The van der Waals surface area contributed by atoms with Crippen molar-refractivity contribution in [1.29, 1.82) is 0 Å². The lowest BCUT2D eigenvalue weighted by Crippen LogP contribution is -2.26. The summed E-state index contributed by atoms with van der Waals surface area (Å²) in [6, 6.07) is 8.24. The summed E-state index contributed by atoms with van der Waals surface area (Å²) >= 11 is 1.51. The van der Waals surface area contributed by atoms with Gasteiger partial charge in [0.1, 0.15) is 0 Å². The van der Waals surface area contributed by atoms with Gasteiger partial charge in [-0.1, -0.05) is 50.6 Å². The summed E-state index contributed by atoms with van der Waals surface area (Å²) in [5.74, 6) is 1.05. The highest BCUT2D eigenvalue weighted by Gasteiger charge is 2.26. The monoisotopic (exact) mass is 318 g/mol. The summed E-state index contributed by atoms with van der Waals surface area (Å²) in [7, 11) is 0. The normalized spacial score (nSPS) is 22.2. The highest BCUT2D eigenvalue weighted by atomic mass is 32.2. The smallest absolute Gasteiger partial charge is 0.277 e. The summed E-state index contributed by atoms with van der Waals surface area (Å²) in [4.78, 5) is 0. The van der Waals surface area contributed by atoms with Crippen molar-refractivity contribution in [2.75, 3.05) is 0 Å². The second-order valence-corrected chi connectivity index (χ2v) is 7.35. The van der Waals surface area contributed by atoms with E-state index in [-0.39, 0.29) is 11.4 Å². The first-order valence-electron chi connectivity index (χ1n) is 7.92. The molecule has 1 aromatic carbocycles. The number of nitrogens with zero attached hydrogens (tertiary/aromatic N) is 2. The number of aliphatic hydroxyl groups excluding tert-OH is 1.